The summed E-state index contributed by atoms with van der Waals surface area (Å²) < 4.78 is 14.7. The first-order valence-corrected chi connectivity index (χ1v) is 7.34. The molecule has 2 nitrogen and oxygen atoms in total. The Morgan fingerprint density at radius 2 is 1.95 bits per heavy atom. The predicted molar refractivity (Wildman–Crippen MR) is 82.0 cm³/mol. The minimum absolute atomic E-state index is 0.0186. The second-order valence-corrected chi connectivity index (χ2v) is 6.00. The van der Waals surface area contributed by atoms with E-state index in [4.69, 9.17) is 5.84 Å². The normalized spacial score (nSPS) is 12.4. The van der Waals surface area contributed by atoms with Gasteiger partial charge in [-0.25, -0.2) is 4.39 Å². The van der Waals surface area contributed by atoms with Crippen molar-refractivity contribution in [3.63, 3.8) is 0 Å². The van der Waals surface area contributed by atoms with Crippen LogP contribution in [0, 0.1) is 5.82 Å². The summed E-state index contributed by atoms with van der Waals surface area (Å²) in [4.78, 5) is 0. The van der Waals surface area contributed by atoms with Crippen molar-refractivity contribution in [2.24, 2.45) is 5.84 Å². The lowest BCUT2D eigenvalue weighted by Gasteiger charge is -2.17. The van der Waals surface area contributed by atoms with Gasteiger partial charge in [-0.3, -0.25) is 11.3 Å². The first kappa shape index (κ1) is 14.7. The summed E-state index contributed by atoms with van der Waals surface area (Å²) in [6.45, 7) is 0. The van der Waals surface area contributed by atoms with Crippen molar-refractivity contribution < 1.29 is 4.39 Å². The van der Waals surface area contributed by atoms with E-state index < -0.39 is 0 Å². The zero-order chi connectivity index (χ0) is 13.8. The van der Waals surface area contributed by atoms with Crippen molar-refractivity contribution in [2.45, 2.75) is 12.5 Å². The zero-order valence-electron chi connectivity index (χ0n) is 10.0. The Balaban J connectivity index is 2.21. The molecule has 0 bridgehead atoms. The highest BCUT2D eigenvalue weighted by Crippen LogP contribution is 2.23. The zero-order valence-corrected chi connectivity index (χ0v) is 13.2. The van der Waals surface area contributed by atoms with Crippen LogP contribution in [0.4, 0.5) is 4.39 Å². The van der Waals surface area contributed by atoms with E-state index in [1.165, 1.54) is 6.07 Å². The standard InChI is InChI=1S/C14H13Br2FN2/c15-11-3-1-2-10(8-11)14(19-18)7-9-4-5-13(17)12(16)6-9/h1-6,8,14,19H,7,18H2. The van der Waals surface area contributed by atoms with Crippen molar-refractivity contribution in [1.82, 2.24) is 5.43 Å². The fourth-order valence-electron chi connectivity index (χ4n) is 1.90. The maximum Gasteiger partial charge on any atom is 0.137 e. The lowest BCUT2D eigenvalue weighted by molar-refractivity contribution is 0.550. The fraction of sp³-hybridized carbons (Fsp3) is 0.143. The summed E-state index contributed by atoms with van der Waals surface area (Å²) in [6.07, 6.45) is 0.686. The fourth-order valence-corrected chi connectivity index (χ4v) is 2.74. The van der Waals surface area contributed by atoms with Gasteiger partial charge in [0.25, 0.3) is 0 Å². The number of nitrogens with one attached hydrogen (secondary N) is 1. The molecule has 0 fully saturated rings. The summed E-state index contributed by atoms with van der Waals surface area (Å²) in [5.41, 5.74) is 4.89. The Morgan fingerprint density at radius 3 is 2.58 bits per heavy atom. The highest BCUT2D eigenvalue weighted by atomic mass is 79.9. The molecular weight excluding hydrogens is 375 g/mol. The Kier molecular flexibility index (Phi) is 5.10. The van der Waals surface area contributed by atoms with Gasteiger partial charge in [0.05, 0.1) is 10.5 Å². The molecule has 5 heteroatoms. The van der Waals surface area contributed by atoms with E-state index in [0.717, 1.165) is 15.6 Å². The van der Waals surface area contributed by atoms with Gasteiger partial charge in [0, 0.05) is 4.47 Å². The number of benzene rings is 2. The number of hydrogen-bond acceptors (Lipinski definition) is 2. The number of rotatable bonds is 4. The van der Waals surface area contributed by atoms with E-state index in [2.05, 4.69) is 37.3 Å². The topological polar surface area (TPSA) is 38.0 Å². The van der Waals surface area contributed by atoms with E-state index in [1.54, 1.807) is 12.1 Å². The maximum absolute atomic E-state index is 13.2. The van der Waals surface area contributed by atoms with Crippen LogP contribution < -0.4 is 11.3 Å². The van der Waals surface area contributed by atoms with Gasteiger partial charge >= 0.3 is 0 Å². The summed E-state index contributed by atoms with van der Waals surface area (Å²) in [5.74, 6) is 5.36. The van der Waals surface area contributed by atoms with Gasteiger partial charge in [-0.1, -0.05) is 34.1 Å². The van der Waals surface area contributed by atoms with Crippen LogP contribution in [0.3, 0.4) is 0 Å². The molecule has 0 spiro atoms. The van der Waals surface area contributed by atoms with Gasteiger partial charge in [-0.2, -0.15) is 0 Å². The van der Waals surface area contributed by atoms with Crippen LogP contribution in [0.25, 0.3) is 0 Å². The molecule has 0 saturated carbocycles. The van der Waals surface area contributed by atoms with Gasteiger partial charge in [0.15, 0.2) is 0 Å². The average Bonchev–Trinajstić information content (AvgIpc) is 2.40. The van der Waals surface area contributed by atoms with Crippen LogP contribution in [-0.4, -0.2) is 0 Å². The molecule has 2 aromatic rings. The molecule has 0 radical (unpaired) electrons. The van der Waals surface area contributed by atoms with Crippen molar-refractivity contribution in [3.8, 4) is 0 Å². The monoisotopic (exact) mass is 386 g/mol. The van der Waals surface area contributed by atoms with E-state index in [-0.39, 0.29) is 11.9 Å². The van der Waals surface area contributed by atoms with Crippen LogP contribution in [0.5, 0.6) is 0 Å². The molecule has 0 aromatic heterocycles. The molecule has 100 valence electrons. The Morgan fingerprint density at radius 1 is 1.16 bits per heavy atom. The van der Waals surface area contributed by atoms with Gasteiger partial charge < -0.3 is 0 Å². The third kappa shape index (κ3) is 3.86. The smallest absolute Gasteiger partial charge is 0.137 e. The van der Waals surface area contributed by atoms with Crippen molar-refractivity contribution >= 4 is 31.9 Å². The number of hydrazine groups is 1. The van der Waals surface area contributed by atoms with Gasteiger partial charge in [-0.05, 0) is 57.7 Å². The number of hydrogen-bond donors (Lipinski definition) is 2. The second kappa shape index (κ2) is 6.61. The van der Waals surface area contributed by atoms with Crippen LogP contribution in [0.1, 0.15) is 17.2 Å². The molecule has 2 aromatic carbocycles. The third-order valence-corrected chi connectivity index (χ3v) is 3.98. The lowest BCUT2D eigenvalue weighted by atomic mass is 9.99. The van der Waals surface area contributed by atoms with E-state index in [1.807, 2.05) is 24.3 Å². The van der Waals surface area contributed by atoms with Crippen LogP contribution in [0.2, 0.25) is 0 Å². The SMILES string of the molecule is NNC(Cc1ccc(F)c(Br)c1)c1cccc(Br)c1. The molecule has 0 heterocycles. The lowest BCUT2D eigenvalue weighted by Crippen LogP contribution is -2.29. The summed E-state index contributed by atoms with van der Waals surface area (Å²) in [5, 5.41) is 0. The van der Waals surface area contributed by atoms with Gasteiger partial charge in [-0.15, -0.1) is 0 Å². The highest BCUT2D eigenvalue weighted by Gasteiger charge is 2.12. The van der Waals surface area contributed by atoms with Gasteiger partial charge in [0.2, 0.25) is 0 Å². The van der Waals surface area contributed by atoms with Gasteiger partial charge in [0.1, 0.15) is 5.82 Å². The Bertz CT molecular complexity index is 575. The summed E-state index contributed by atoms with van der Waals surface area (Å²) in [6, 6.07) is 12.9. The number of halogens is 3. The second-order valence-electron chi connectivity index (χ2n) is 4.23. The van der Waals surface area contributed by atoms with E-state index in [9.17, 15) is 4.39 Å². The maximum atomic E-state index is 13.2. The summed E-state index contributed by atoms with van der Waals surface area (Å²) >= 11 is 6.63. The highest BCUT2D eigenvalue weighted by molar-refractivity contribution is 9.10. The molecule has 19 heavy (non-hydrogen) atoms. The molecule has 1 unspecified atom stereocenters. The number of nitrogens with two attached hydrogens (primary N) is 1. The van der Waals surface area contributed by atoms with E-state index >= 15 is 0 Å². The largest absolute Gasteiger partial charge is 0.271 e. The molecule has 0 saturated heterocycles. The van der Waals surface area contributed by atoms with Crippen molar-refractivity contribution in [3.05, 3.63) is 68.4 Å². The Hall–Kier alpha value is -0.750. The quantitative estimate of drug-likeness (QED) is 0.612. The molecule has 1 atom stereocenters. The molecule has 2 rings (SSSR count). The molecule has 0 aliphatic rings. The van der Waals surface area contributed by atoms with Crippen molar-refractivity contribution in [2.75, 3.05) is 0 Å². The first-order valence-electron chi connectivity index (χ1n) is 5.75. The molecule has 0 aliphatic heterocycles. The van der Waals surface area contributed by atoms with Crippen LogP contribution >= 0.6 is 31.9 Å². The predicted octanol–water partition coefficient (Wildman–Crippen LogP) is 4.10. The molecule has 0 amide bonds. The van der Waals surface area contributed by atoms with Crippen LogP contribution in [-0.2, 0) is 6.42 Å². The van der Waals surface area contributed by atoms with Crippen LogP contribution in [0.15, 0.2) is 51.4 Å². The summed E-state index contributed by atoms with van der Waals surface area (Å²) in [7, 11) is 0. The van der Waals surface area contributed by atoms with E-state index in [0.29, 0.717) is 10.9 Å². The molecule has 3 N–H and O–H groups in total. The minimum Gasteiger partial charge on any atom is -0.271 e. The minimum atomic E-state index is -0.261. The third-order valence-electron chi connectivity index (χ3n) is 2.88. The Labute approximate surface area is 128 Å². The van der Waals surface area contributed by atoms with Crippen molar-refractivity contribution in [1.29, 1.82) is 0 Å². The first-order chi connectivity index (χ1) is 9.10. The molecular formula is C14H13Br2FN2. The molecule has 0 aliphatic carbocycles. The average molecular weight is 388 g/mol.